The second-order valence-electron chi connectivity index (χ2n) is 22.5. The molecule has 472 valence electrons. The van der Waals surface area contributed by atoms with Gasteiger partial charge in [-0.3, -0.25) is 0 Å². The summed E-state index contributed by atoms with van der Waals surface area (Å²) >= 11 is 0. The van der Waals surface area contributed by atoms with Gasteiger partial charge in [0, 0.05) is 32.3 Å². The van der Waals surface area contributed by atoms with E-state index in [1.54, 1.807) is 0 Å². The summed E-state index contributed by atoms with van der Waals surface area (Å²) in [4.78, 5) is 0. The van der Waals surface area contributed by atoms with E-state index in [1.165, 1.54) is 0 Å². The maximum atomic E-state index is 9.84. The van der Waals surface area contributed by atoms with E-state index in [0.717, 1.165) is 0 Å². The van der Waals surface area contributed by atoms with Crippen LogP contribution in [0.5, 0.6) is 0 Å². The lowest BCUT2D eigenvalue weighted by molar-refractivity contribution is 0.672. The largest absolute Gasteiger partial charge is 0.455 e. The Labute approximate surface area is 671 Å². The van der Waals surface area contributed by atoms with E-state index in [1.807, 2.05) is 0 Å². The van der Waals surface area contributed by atoms with Crippen LogP contribution in [0.3, 0.4) is 0 Å². The van der Waals surface area contributed by atoms with Gasteiger partial charge in [-0.05, 0) is 200 Å². The molecule has 0 aliphatic carbocycles. The first-order valence-corrected chi connectivity index (χ1v) is 30.3. The molecule has 22 aromatic rings. The molecule has 0 N–H and O–H groups in total. The number of benzene rings is 20. The number of hydrogen-bond acceptors (Lipinski definition) is 2. The minimum Gasteiger partial charge on any atom is -0.455 e. The van der Waals surface area contributed by atoms with Crippen LogP contribution in [0.1, 0.15) is 82.2 Å². The van der Waals surface area contributed by atoms with Crippen LogP contribution in [0.15, 0.2) is 371 Å². The van der Waals surface area contributed by atoms with Crippen molar-refractivity contribution in [2.45, 2.75) is 0 Å². The summed E-state index contributed by atoms with van der Waals surface area (Å²) in [6, 6.07) is -56.2. The molecule has 0 spiro atoms. The van der Waals surface area contributed by atoms with E-state index in [4.69, 9.17) is 59.6 Å². The Morgan fingerprint density at radius 1 is 0.167 bits per heavy atom. The summed E-state index contributed by atoms with van der Waals surface area (Å²) in [5.74, 6) is 0. The molecule has 2 nitrogen and oxygen atoms in total. The van der Waals surface area contributed by atoms with Crippen LogP contribution in [0.4, 0.5) is 0 Å². The van der Waals surface area contributed by atoms with Crippen LogP contribution in [-0.2, 0) is 0 Å². The molecule has 0 unspecified atom stereocenters. The summed E-state index contributed by atoms with van der Waals surface area (Å²) in [6.07, 6.45) is 0. The van der Waals surface area contributed by atoms with Gasteiger partial charge in [-0.1, -0.05) is 326 Å². The first kappa shape index (κ1) is 23.9. The van der Waals surface area contributed by atoms with E-state index in [9.17, 15) is 31.5 Å². The van der Waals surface area contributed by atoms with Gasteiger partial charge in [0.1, 0.15) is 22.3 Å². The van der Waals surface area contributed by atoms with Crippen molar-refractivity contribution in [3.8, 4) is 66.8 Å². The number of hydrogen-bond donors (Lipinski definition) is 0. The van der Waals surface area contributed by atoms with Gasteiger partial charge < -0.3 is 8.83 Å². The third-order valence-electron chi connectivity index (χ3n) is 17.2. The van der Waals surface area contributed by atoms with Crippen LogP contribution < -0.4 is 0 Å². The van der Waals surface area contributed by atoms with Gasteiger partial charge >= 0.3 is 0 Å². The van der Waals surface area contributed by atoms with E-state index >= 15 is 0 Å². The smallest absolute Gasteiger partial charge is 0.143 e. The molecule has 0 atom stereocenters. The van der Waals surface area contributed by atoms with Crippen LogP contribution in [0, 0.1) is 0 Å². The van der Waals surface area contributed by atoms with Crippen molar-refractivity contribution in [3.05, 3.63) is 363 Å². The molecule has 20 aromatic carbocycles. The fourth-order valence-corrected chi connectivity index (χ4v) is 12.9. The Morgan fingerprint density at radius 3 is 0.922 bits per heavy atom. The molecule has 0 bridgehead atoms. The van der Waals surface area contributed by atoms with Gasteiger partial charge in [-0.15, -0.1) is 0 Å². The van der Waals surface area contributed by atoms with Gasteiger partial charge in [0.15, 0.2) is 0 Å². The first-order valence-electron chi connectivity index (χ1n) is 60.3. The van der Waals surface area contributed by atoms with Crippen molar-refractivity contribution in [1.29, 1.82) is 0 Å². The average molecular weight is 1350 g/mol. The highest BCUT2D eigenvalue weighted by Gasteiger charge is 2.23. The molecule has 0 amide bonds. The highest BCUT2D eigenvalue weighted by Crippen LogP contribution is 2.50. The zero-order valence-corrected chi connectivity index (χ0v) is 50.8. The molecule has 0 saturated carbocycles. The van der Waals surface area contributed by atoms with E-state index < -0.39 is 581 Å². The van der Waals surface area contributed by atoms with Gasteiger partial charge in [-0.25, -0.2) is 0 Å². The maximum absolute atomic E-state index is 9.84. The molecule has 2 aromatic heterocycles. The summed E-state index contributed by atoms with van der Waals surface area (Å²) in [5.41, 5.74) is -11.9. The first-order chi connectivity index (χ1) is 75.6. The second-order valence-corrected chi connectivity index (χ2v) is 22.5. The molecule has 0 radical (unpaired) electrons. The zero-order chi connectivity index (χ0) is 119. The molecule has 0 aliphatic rings. The molecule has 0 saturated heterocycles. The molecule has 0 aliphatic heterocycles. The Balaban J connectivity index is 0.000000186. The summed E-state index contributed by atoms with van der Waals surface area (Å²) in [5, 5.41) is -15.0. The highest BCUT2D eigenvalue weighted by atomic mass is 16.3. The summed E-state index contributed by atoms with van der Waals surface area (Å²) in [7, 11) is 0. The number of rotatable bonds is 6. The Morgan fingerprint density at radius 2 is 0.461 bits per heavy atom. The Hall–Kier alpha value is -13.4. The highest BCUT2D eigenvalue weighted by molar-refractivity contribution is 6.28. The zero-order valence-electron chi connectivity index (χ0n) is 111. The standard InChI is InChI=1S/2C50H30O/c1-4-15-37-31(12-1)28-29-44-49-36(22-11-23-46(49)51-50(37)44)32-24-26-33(27-25-32)47-40-18-7-9-20-42(40)48(43-21-10-8-19-41(43)47)45-30-34-13-2-3-14-35(34)38-16-5-6-17-39(38)45;1-3-12-37-31(10-1)22-25-35-30-36(27-28-38(35)37)48-43-16-7-5-14-41(43)47(42-15-6-8-17-44(42)48)34-23-20-33(21-24-34)39-18-9-19-46-49(39)45-29-26-32-11-2-4-13-40(32)50(45)51-46/h2*1-30H/i2*1D,2D,3D,4D,5D,6D,7D,8D,9D,10D,11D,12D,13D,14D,15D,16D,17D,18D,19D,20D,21D,22D,23D,24D,25D,26D,27D,28D,29D,30D. The SMILES string of the molecule is [2H]c1c([2H])c(-c2c([2H])c([2H])c([2H])c3oc4c5c([2H])c([2H])c([2H])c([2H])c5c([2H])c([2H])c4c23)c([2H])c([2H])c1-c1c2c([2H])c([2H])c([2H])c([2H])c2c(-c2c([2H])c([2H])c3c(c2[2H])c([2H])c([2H])c2c([2H])c([2H])c([2H])c([2H])c23)c2c([2H])c([2H])c([2H])c([2H])c12.[2H]c1c([2H])c(-c2c([2H])c([2H])c([2H])c3oc4c5c([2H])c([2H])c([2H])c([2H])c5c([2H])c([2H])c4c23)c([2H])c([2H])c1-c1c2c([2H])c([2H])c([2H])c([2H])c2c(-c2c([2H])c3c([2H])c([2H])c([2H])c([2H])c3c3c([2H])c([2H])c([2H])c([2H])c23)c2c([2H])c([2H])c([2H])c([2H])c12. The third kappa shape index (κ3) is 9.00. The van der Waals surface area contributed by atoms with E-state index in [-0.39, 0.29) is 0 Å². The van der Waals surface area contributed by atoms with Crippen LogP contribution in [0.25, 0.3) is 218 Å². The lowest BCUT2D eigenvalue weighted by atomic mass is 9.83. The van der Waals surface area contributed by atoms with Gasteiger partial charge in [0.2, 0.25) is 0 Å². The van der Waals surface area contributed by atoms with Crippen LogP contribution in [-0.4, -0.2) is 0 Å². The Bertz CT molecular complexity index is 10900. The van der Waals surface area contributed by atoms with Crippen LogP contribution in [0.2, 0.25) is 0 Å². The average Bonchev–Trinajstić information content (AvgIpc) is 0.866. The quantitative estimate of drug-likeness (QED) is 0.123. The van der Waals surface area contributed by atoms with Crippen molar-refractivity contribution in [3.63, 3.8) is 0 Å². The summed E-state index contributed by atoms with van der Waals surface area (Å²) < 4.78 is 557. The van der Waals surface area contributed by atoms with Crippen molar-refractivity contribution in [2.24, 2.45) is 0 Å². The second kappa shape index (κ2) is 23.1. The lowest BCUT2D eigenvalue weighted by Gasteiger charge is -2.19. The number of furan rings is 2. The third-order valence-corrected chi connectivity index (χ3v) is 17.2. The molecule has 2 heterocycles. The molecular weight excluding hydrogens is 1230 g/mol. The van der Waals surface area contributed by atoms with Crippen molar-refractivity contribution in [2.75, 3.05) is 0 Å². The van der Waals surface area contributed by atoms with Crippen LogP contribution >= 0.6 is 0 Å². The predicted molar refractivity (Wildman–Crippen MR) is 435 cm³/mol. The molecule has 22 rings (SSSR count). The molecular formula is C100H60O2. The fraction of sp³-hybridized carbons (Fsp3) is 0. The van der Waals surface area contributed by atoms with Gasteiger partial charge in [0.05, 0.1) is 82.2 Å². The molecule has 0 fully saturated rings. The van der Waals surface area contributed by atoms with E-state index in [2.05, 4.69) is 0 Å². The van der Waals surface area contributed by atoms with Crippen molar-refractivity contribution in [1.82, 2.24) is 0 Å². The molecule has 102 heavy (non-hydrogen) atoms. The topological polar surface area (TPSA) is 26.3 Å². The van der Waals surface area contributed by atoms with Crippen molar-refractivity contribution >= 4 is 152 Å². The normalized spacial score (nSPS) is 20.2. The minimum atomic E-state index is -1.14. The van der Waals surface area contributed by atoms with E-state index in [0.29, 0.717) is 0 Å². The Kier molecular flexibility index (Phi) is 5.42. The minimum absolute atomic E-state index is 0.439. The van der Waals surface area contributed by atoms with Gasteiger partial charge in [0.25, 0.3) is 0 Å². The monoisotopic (exact) mass is 1350 g/mol. The number of fused-ring (bicyclic) bond motifs is 20. The van der Waals surface area contributed by atoms with Gasteiger partial charge in [-0.2, -0.15) is 0 Å². The maximum Gasteiger partial charge on any atom is 0.143 e. The summed E-state index contributed by atoms with van der Waals surface area (Å²) in [6.45, 7) is 0. The molecule has 2 heteroatoms. The lowest BCUT2D eigenvalue weighted by Crippen LogP contribution is -1.92. The predicted octanol–water partition coefficient (Wildman–Crippen LogP) is 28.7. The fourth-order valence-electron chi connectivity index (χ4n) is 12.9. The van der Waals surface area contributed by atoms with Crippen molar-refractivity contribution < 1.29 is 91.1 Å².